The highest BCUT2D eigenvalue weighted by atomic mass is 19.5. The number of halogens is 4. The van der Waals surface area contributed by atoms with Crippen LogP contribution < -0.4 is 4.74 Å². The third kappa shape index (κ3) is 10.7. The highest BCUT2D eigenvalue weighted by molar-refractivity contribution is 6.50. The van der Waals surface area contributed by atoms with Gasteiger partial charge < -0.3 is 26.7 Å². The Labute approximate surface area is 121 Å². The molecule has 1 aromatic rings. The van der Waals surface area contributed by atoms with Gasteiger partial charge >= 0.3 is 7.25 Å². The molecule has 0 spiro atoms. The molecule has 8 heteroatoms. The number of ether oxygens (including phenoxy) is 2. The molecule has 0 radical (unpaired) electrons. The van der Waals surface area contributed by atoms with Gasteiger partial charge in [-0.2, -0.15) is 0 Å². The third-order valence-corrected chi connectivity index (χ3v) is 2.18. The van der Waals surface area contributed by atoms with Crippen molar-refractivity contribution in [3.8, 4) is 5.75 Å². The maximum atomic E-state index is 9.75. The second-order valence-corrected chi connectivity index (χ2v) is 3.96. The molecule has 120 valence electrons. The Kier molecular flexibility index (Phi) is 9.24. The van der Waals surface area contributed by atoms with Crippen LogP contribution in [0.2, 0.25) is 0 Å². The minimum Gasteiger partial charge on any atom is -0.493 e. The van der Waals surface area contributed by atoms with Crippen LogP contribution >= 0.6 is 0 Å². The number of benzene rings is 1. The molecular weight excluding hydrogens is 289 g/mol. The summed E-state index contributed by atoms with van der Waals surface area (Å²) in [6.07, 6.45) is 2.13. The average Bonchev–Trinajstić information content (AvgIpc) is 2.38. The number of rotatable bonds is 6. The lowest BCUT2D eigenvalue weighted by atomic mass is 10.2. The van der Waals surface area contributed by atoms with Gasteiger partial charge in [-0.1, -0.05) is 25.5 Å². The van der Waals surface area contributed by atoms with E-state index in [9.17, 15) is 17.3 Å². The number of unbranched alkanes of at least 4 members (excludes halogenated alkanes) is 1. The lowest BCUT2D eigenvalue weighted by Crippen LogP contribution is -2.08. The zero-order chi connectivity index (χ0) is 16.3. The SMILES string of the molecule is CCCCOc1ccccc1C(=N)OCC.F[B-](F)(F)F. The zero-order valence-electron chi connectivity index (χ0n) is 12.0. The van der Waals surface area contributed by atoms with Gasteiger partial charge in [0.15, 0.2) is 0 Å². The molecule has 1 rings (SSSR count). The van der Waals surface area contributed by atoms with Crippen molar-refractivity contribution in [1.82, 2.24) is 0 Å². The normalized spacial score (nSPS) is 10.4. The molecule has 0 aliphatic carbocycles. The van der Waals surface area contributed by atoms with Gasteiger partial charge in [-0.15, -0.1) is 0 Å². The molecule has 0 aliphatic rings. The molecule has 1 N–H and O–H groups in total. The van der Waals surface area contributed by atoms with E-state index < -0.39 is 7.25 Å². The third-order valence-electron chi connectivity index (χ3n) is 2.18. The van der Waals surface area contributed by atoms with Crippen molar-refractivity contribution in [1.29, 1.82) is 5.41 Å². The maximum Gasteiger partial charge on any atom is 0.673 e. The van der Waals surface area contributed by atoms with Gasteiger partial charge in [0.1, 0.15) is 5.75 Å². The van der Waals surface area contributed by atoms with E-state index in [0.29, 0.717) is 13.2 Å². The van der Waals surface area contributed by atoms with Crippen molar-refractivity contribution in [2.45, 2.75) is 26.7 Å². The first-order valence-electron chi connectivity index (χ1n) is 6.60. The fraction of sp³-hybridized carbons (Fsp3) is 0.462. The van der Waals surface area contributed by atoms with Crippen molar-refractivity contribution in [2.75, 3.05) is 13.2 Å². The van der Waals surface area contributed by atoms with Gasteiger partial charge in [-0.3, -0.25) is 5.41 Å². The topological polar surface area (TPSA) is 42.3 Å². The molecule has 0 aromatic heterocycles. The maximum absolute atomic E-state index is 9.75. The number of nitrogens with one attached hydrogen (secondary N) is 1. The van der Waals surface area contributed by atoms with Crippen molar-refractivity contribution in [3.05, 3.63) is 29.8 Å². The molecule has 0 unspecified atom stereocenters. The Bertz CT molecular complexity index is 421. The second kappa shape index (κ2) is 10.1. The molecule has 0 atom stereocenters. The monoisotopic (exact) mass is 308 g/mol. The summed E-state index contributed by atoms with van der Waals surface area (Å²) in [5.74, 6) is 0.906. The summed E-state index contributed by atoms with van der Waals surface area (Å²) in [5.41, 5.74) is 0.723. The van der Waals surface area contributed by atoms with Gasteiger partial charge in [-0.05, 0) is 25.5 Å². The van der Waals surface area contributed by atoms with Gasteiger partial charge in [0.2, 0.25) is 5.90 Å². The Balaban J connectivity index is 0.000000690. The standard InChI is InChI=1S/C13H19NO2.BF4/c1-3-5-10-16-12-9-7-6-8-11(12)13(14)15-4-2;2-1(3,4)5/h6-9,14H,3-5,10H2,1-2H3;/q;-1. The van der Waals surface area contributed by atoms with Crippen LogP contribution in [0.5, 0.6) is 5.75 Å². The summed E-state index contributed by atoms with van der Waals surface area (Å²) in [7, 11) is -6.00. The van der Waals surface area contributed by atoms with E-state index in [0.717, 1.165) is 24.2 Å². The summed E-state index contributed by atoms with van der Waals surface area (Å²) in [4.78, 5) is 0. The summed E-state index contributed by atoms with van der Waals surface area (Å²) in [6, 6.07) is 7.51. The molecule has 3 nitrogen and oxygen atoms in total. The lowest BCUT2D eigenvalue weighted by Gasteiger charge is -2.11. The molecule has 0 amide bonds. The molecule has 1 aromatic carbocycles. The van der Waals surface area contributed by atoms with E-state index in [4.69, 9.17) is 14.9 Å². The minimum atomic E-state index is -6.00. The molecule has 0 saturated carbocycles. The Morgan fingerprint density at radius 3 is 2.24 bits per heavy atom. The average molecular weight is 308 g/mol. The van der Waals surface area contributed by atoms with Gasteiger partial charge in [0, 0.05) is 0 Å². The molecule has 0 heterocycles. The Morgan fingerprint density at radius 2 is 1.71 bits per heavy atom. The van der Waals surface area contributed by atoms with Crippen LogP contribution in [0.15, 0.2) is 24.3 Å². The van der Waals surface area contributed by atoms with Crippen molar-refractivity contribution in [3.63, 3.8) is 0 Å². The quantitative estimate of drug-likeness (QED) is 0.276. The van der Waals surface area contributed by atoms with Crippen LogP contribution in [-0.2, 0) is 4.74 Å². The molecule has 21 heavy (non-hydrogen) atoms. The van der Waals surface area contributed by atoms with E-state index in [2.05, 4.69) is 6.92 Å². The molecule has 0 aliphatic heterocycles. The summed E-state index contributed by atoms with van der Waals surface area (Å²) >= 11 is 0. The first kappa shape index (κ1) is 19.3. The van der Waals surface area contributed by atoms with Gasteiger partial charge in [-0.25, -0.2) is 0 Å². The highest BCUT2D eigenvalue weighted by Gasteiger charge is 2.20. The van der Waals surface area contributed by atoms with Crippen LogP contribution in [-0.4, -0.2) is 26.4 Å². The zero-order valence-corrected chi connectivity index (χ0v) is 12.0. The minimum absolute atomic E-state index is 0.176. The van der Waals surface area contributed by atoms with Gasteiger partial charge in [0.25, 0.3) is 0 Å². The first-order chi connectivity index (χ1) is 9.79. The van der Waals surface area contributed by atoms with E-state index in [1.54, 1.807) is 0 Å². The van der Waals surface area contributed by atoms with Crippen LogP contribution in [0.25, 0.3) is 0 Å². The van der Waals surface area contributed by atoms with Crippen LogP contribution in [0, 0.1) is 5.41 Å². The molecule has 0 fully saturated rings. The summed E-state index contributed by atoms with van der Waals surface area (Å²) < 4.78 is 49.8. The predicted molar refractivity (Wildman–Crippen MR) is 75.5 cm³/mol. The second-order valence-electron chi connectivity index (χ2n) is 3.96. The molecular formula is C13H19BF4NO2-. The van der Waals surface area contributed by atoms with E-state index >= 15 is 0 Å². The Hall–Kier alpha value is -1.73. The highest BCUT2D eigenvalue weighted by Crippen LogP contribution is 2.19. The van der Waals surface area contributed by atoms with E-state index in [-0.39, 0.29) is 5.90 Å². The molecule has 0 saturated heterocycles. The number of hydrogen-bond donors (Lipinski definition) is 1. The smallest absolute Gasteiger partial charge is 0.493 e. The molecule has 0 bridgehead atoms. The van der Waals surface area contributed by atoms with Crippen molar-refractivity contribution < 1.29 is 26.7 Å². The van der Waals surface area contributed by atoms with Crippen LogP contribution in [0.3, 0.4) is 0 Å². The fourth-order valence-corrected chi connectivity index (χ4v) is 1.33. The lowest BCUT2D eigenvalue weighted by molar-refractivity contribution is 0.300. The van der Waals surface area contributed by atoms with Crippen molar-refractivity contribution >= 4 is 13.2 Å². The largest absolute Gasteiger partial charge is 0.673 e. The summed E-state index contributed by atoms with van der Waals surface area (Å²) in [5, 5.41) is 7.75. The number of hydrogen-bond acceptors (Lipinski definition) is 3. The number of para-hydroxylation sites is 1. The van der Waals surface area contributed by atoms with Crippen LogP contribution in [0.4, 0.5) is 17.3 Å². The fourth-order valence-electron chi connectivity index (χ4n) is 1.33. The first-order valence-corrected chi connectivity index (χ1v) is 6.60. The Morgan fingerprint density at radius 1 is 1.14 bits per heavy atom. The summed E-state index contributed by atoms with van der Waals surface area (Å²) in [6.45, 7) is 5.18. The van der Waals surface area contributed by atoms with Crippen LogP contribution in [0.1, 0.15) is 32.3 Å². The van der Waals surface area contributed by atoms with Crippen molar-refractivity contribution in [2.24, 2.45) is 0 Å². The van der Waals surface area contributed by atoms with E-state index in [1.165, 1.54) is 0 Å². The predicted octanol–water partition coefficient (Wildman–Crippen LogP) is 4.53. The van der Waals surface area contributed by atoms with E-state index in [1.807, 2.05) is 31.2 Å². The van der Waals surface area contributed by atoms with Gasteiger partial charge in [0.05, 0.1) is 18.8 Å².